The van der Waals surface area contributed by atoms with Crippen LogP contribution in [0.4, 0.5) is 17.5 Å². The molecule has 1 aliphatic rings. The minimum Gasteiger partial charge on any atom is -0.363 e. The molecule has 1 aromatic rings. The number of nitrogens with zero attached hydrogens (tertiary/aromatic N) is 4. The zero-order valence-electron chi connectivity index (χ0n) is 12.3. The summed E-state index contributed by atoms with van der Waals surface area (Å²) in [6.07, 6.45) is 3.45. The van der Waals surface area contributed by atoms with Crippen molar-refractivity contribution < 1.29 is 4.92 Å². The topological polar surface area (TPSA) is 122 Å². The molecular weight excluding hydrogens is 274 g/mol. The molecule has 21 heavy (non-hydrogen) atoms. The summed E-state index contributed by atoms with van der Waals surface area (Å²) in [5, 5.41) is 14.3. The molecule has 1 atom stereocenters. The summed E-state index contributed by atoms with van der Waals surface area (Å²) >= 11 is 0. The molecule has 0 spiro atoms. The second-order valence-electron chi connectivity index (χ2n) is 5.24. The number of nitrogens with two attached hydrogens (primary N) is 1. The fourth-order valence-corrected chi connectivity index (χ4v) is 2.59. The van der Waals surface area contributed by atoms with Crippen LogP contribution in [0.1, 0.15) is 25.0 Å². The molecule has 1 fully saturated rings. The number of nitrogen functional groups attached to an aromatic ring is 1. The van der Waals surface area contributed by atoms with Crippen molar-refractivity contribution in [1.82, 2.24) is 14.9 Å². The van der Waals surface area contributed by atoms with Crippen molar-refractivity contribution >= 4 is 17.5 Å². The first-order chi connectivity index (χ1) is 10.0. The van der Waals surface area contributed by atoms with Crippen LogP contribution in [-0.4, -0.2) is 46.0 Å². The number of hydrogen-bond acceptors (Lipinski definition) is 8. The Morgan fingerprint density at radius 3 is 2.86 bits per heavy atom. The van der Waals surface area contributed by atoms with Crippen LogP contribution in [0.25, 0.3) is 0 Å². The Labute approximate surface area is 123 Å². The molecule has 0 bridgehead atoms. The minimum atomic E-state index is -0.470. The highest BCUT2D eigenvalue weighted by Gasteiger charge is 2.24. The third kappa shape index (κ3) is 3.56. The number of piperidine rings is 1. The summed E-state index contributed by atoms with van der Waals surface area (Å²) in [5.41, 5.74) is 2.50. The van der Waals surface area contributed by atoms with Crippen LogP contribution in [0.15, 0.2) is 0 Å². The first-order valence-corrected chi connectivity index (χ1v) is 6.96. The van der Waals surface area contributed by atoms with Crippen LogP contribution in [0, 0.1) is 17.0 Å². The standard InChI is InChI=1S/C12H21N7O2/c1-8-10(19(20)21)11(16-12(15-8)17-13)14-7-9-5-3-4-6-18(9)2/h9H,3-7,13H2,1-2H3,(H2,14,15,16,17). The summed E-state index contributed by atoms with van der Waals surface area (Å²) in [4.78, 5) is 21.0. The number of aromatic nitrogens is 2. The molecule has 2 heterocycles. The molecule has 9 nitrogen and oxygen atoms in total. The normalized spacial score (nSPS) is 19.3. The molecule has 116 valence electrons. The lowest BCUT2D eigenvalue weighted by atomic mass is 10.0. The molecular formula is C12H21N7O2. The highest BCUT2D eigenvalue weighted by molar-refractivity contribution is 5.60. The fourth-order valence-electron chi connectivity index (χ4n) is 2.59. The monoisotopic (exact) mass is 295 g/mol. The molecule has 2 rings (SSSR count). The van der Waals surface area contributed by atoms with Gasteiger partial charge in [0.1, 0.15) is 5.69 Å². The number of rotatable bonds is 5. The number of anilines is 2. The van der Waals surface area contributed by atoms with Crippen molar-refractivity contribution in [1.29, 1.82) is 0 Å². The molecule has 0 aliphatic carbocycles. The Hall–Kier alpha value is -2.00. The third-order valence-corrected chi connectivity index (χ3v) is 3.80. The van der Waals surface area contributed by atoms with Gasteiger partial charge >= 0.3 is 5.69 Å². The Kier molecular flexibility index (Phi) is 4.86. The molecule has 1 aromatic heterocycles. The van der Waals surface area contributed by atoms with Gasteiger partial charge in [0, 0.05) is 12.6 Å². The summed E-state index contributed by atoms with van der Waals surface area (Å²) in [7, 11) is 2.07. The number of nitro groups is 1. The van der Waals surface area contributed by atoms with E-state index in [1.807, 2.05) is 0 Å². The average Bonchev–Trinajstić information content (AvgIpc) is 2.45. The molecule has 1 unspecified atom stereocenters. The Balaban J connectivity index is 2.17. The number of nitrogens with one attached hydrogen (secondary N) is 2. The van der Waals surface area contributed by atoms with Gasteiger partial charge in [0.25, 0.3) is 0 Å². The number of hydrazine groups is 1. The second kappa shape index (κ2) is 6.64. The van der Waals surface area contributed by atoms with Crippen molar-refractivity contribution in [2.75, 3.05) is 30.9 Å². The largest absolute Gasteiger partial charge is 0.363 e. The van der Waals surface area contributed by atoms with Gasteiger partial charge in [0.2, 0.25) is 11.8 Å². The Bertz CT molecular complexity index is 523. The maximum absolute atomic E-state index is 11.2. The third-order valence-electron chi connectivity index (χ3n) is 3.80. The van der Waals surface area contributed by atoms with Gasteiger partial charge < -0.3 is 10.2 Å². The van der Waals surface area contributed by atoms with Gasteiger partial charge in [-0.2, -0.15) is 4.98 Å². The Morgan fingerprint density at radius 1 is 1.48 bits per heavy atom. The van der Waals surface area contributed by atoms with Gasteiger partial charge in [-0.1, -0.05) is 6.42 Å². The predicted molar refractivity (Wildman–Crippen MR) is 80.0 cm³/mol. The lowest BCUT2D eigenvalue weighted by molar-refractivity contribution is -0.385. The number of likely N-dealkylation sites (N-methyl/N-ethyl adjacent to an activating group) is 1. The molecule has 9 heteroatoms. The van der Waals surface area contributed by atoms with Crippen LogP contribution < -0.4 is 16.6 Å². The van der Waals surface area contributed by atoms with E-state index in [0.717, 1.165) is 13.0 Å². The molecule has 1 aliphatic heterocycles. The summed E-state index contributed by atoms with van der Waals surface area (Å²) in [6, 6.07) is 0.350. The van der Waals surface area contributed by atoms with E-state index in [0.29, 0.717) is 12.6 Å². The molecule has 0 saturated carbocycles. The van der Waals surface area contributed by atoms with Crippen molar-refractivity contribution in [3.8, 4) is 0 Å². The zero-order valence-corrected chi connectivity index (χ0v) is 12.3. The molecule has 1 saturated heterocycles. The van der Waals surface area contributed by atoms with E-state index in [-0.39, 0.29) is 23.1 Å². The average molecular weight is 295 g/mol. The first kappa shape index (κ1) is 15.4. The SMILES string of the molecule is Cc1nc(NN)nc(NCC2CCCCN2C)c1[N+](=O)[O-]. The molecule has 0 aromatic carbocycles. The lowest BCUT2D eigenvalue weighted by Gasteiger charge is -2.32. The molecule has 4 N–H and O–H groups in total. The van der Waals surface area contributed by atoms with Gasteiger partial charge in [0.15, 0.2) is 0 Å². The fraction of sp³-hybridized carbons (Fsp3) is 0.667. The van der Waals surface area contributed by atoms with Gasteiger partial charge in [0.05, 0.1) is 4.92 Å². The summed E-state index contributed by atoms with van der Waals surface area (Å²) < 4.78 is 0. The van der Waals surface area contributed by atoms with E-state index >= 15 is 0 Å². The number of likely N-dealkylation sites (tertiary alicyclic amines) is 1. The molecule has 0 amide bonds. The molecule has 0 radical (unpaired) electrons. The summed E-state index contributed by atoms with van der Waals surface area (Å²) in [6.45, 7) is 3.23. The zero-order chi connectivity index (χ0) is 15.4. The Morgan fingerprint density at radius 2 is 2.24 bits per heavy atom. The van der Waals surface area contributed by atoms with E-state index in [4.69, 9.17) is 5.84 Å². The van der Waals surface area contributed by atoms with E-state index in [9.17, 15) is 10.1 Å². The smallest absolute Gasteiger partial charge is 0.332 e. The van der Waals surface area contributed by atoms with Gasteiger partial charge in [-0.3, -0.25) is 15.5 Å². The van der Waals surface area contributed by atoms with E-state index < -0.39 is 4.92 Å². The van der Waals surface area contributed by atoms with Crippen molar-refractivity contribution in [2.45, 2.75) is 32.2 Å². The maximum Gasteiger partial charge on any atom is 0.332 e. The minimum absolute atomic E-state index is 0.104. The van der Waals surface area contributed by atoms with Crippen molar-refractivity contribution in [3.05, 3.63) is 15.8 Å². The second-order valence-corrected chi connectivity index (χ2v) is 5.24. The quantitative estimate of drug-likeness (QED) is 0.415. The van der Waals surface area contributed by atoms with E-state index in [1.165, 1.54) is 12.8 Å². The van der Waals surface area contributed by atoms with Crippen LogP contribution in [0.5, 0.6) is 0 Å². The van der Waals surface area contributed by atoms with E-state index in [2.05, 4.69) is 32.7 Å². The maximum atomic E-state index is 11.2. The highest BCUT2D eigenvalue weighted by Crippen LogP contribution is 2.27. The lowest BCUT2D eigenvalue weighted by Crippen LogP contribution is -2.41. The summed E-state index contributed by atoms with van der Waals surface area (Å²) in [5.74, 6) is 5.67. The van der Waals surface area contributed by atoms with Crippen LogP contribution in [-0.2, 0) is 0 Å². The number of aryl methyl sites for hydroxylation is 1. The van der Waals surface area contributed by atoms with Gasteiger partial charge in [-0.05, 0) is 33.4 Å². The predicted octanol–water partition coefficient (Wildman–Crippen LogP) is 0.875. The number of hydrogen-bond donors (Lipinski definition) is 3. The highest BCUT2D eigenvalue weighted by atomic mass is 16.6. The van der Waals surface area contributed by atoms with Crippen LogP contribution in [0.2, 0.25) is 0 Å². The van der Waals surface area contributed by atoms with Crippen molar-refractivity contribution in [3.63, 3.8) is 0 Å². The van der Waals surface area contributed by atoms with E-state index in [1.54, 1.807) is 6.92 Å². The van der Waals surface area contributed by atoms with Gasteiger partial charge in [-0.25, -0.2) is 10.8 Å². The van der Waals surface area contributed by atoms with Crippen LogP contribution in [0.3, 0.4) is 0 Å². The van der Waals surface area contributed by atoms with Crippen molar-refractivity contribution in [2.24, 2.45) is 5.84 Å². The van der Waals surface area contributed by atoms with Gasteiger partial charge in [-0.15, -0.1) is 0 Å². The van der Waals surface area contributed by atoms with Crippen LogP contribution >= 0.6 is 0 Å². The first-order valence-electron chi connectivity index (χ1n) is 6.96.